The molecule has 0 unspecified atom stereocenters. The number of carbonyl (C=O) groups excluding carboxylic acids is 1. The summed E-state index contributed by atoms with van der Waals surface area (Å²) in [5.41, 5.74) is -0.209. The van der Waals surface area contributed by atoms with Gasteiger partial charge in [-0.25, -0.2) is 0 Å². The number of hydrogen-bond acceptors (Lipinski definition) is 2. The standard InChI is InChI=1S/C9H16OS/c1-8(2)5-11-6-9(3,4)7(8)10/h5-6H2,1-4H3. The van der Waals surface area contributed by atoms with Crippen LogP contribution in [0.2, 0.25) is 0 Å². The maximum Gasteiger partial charge on any atom is 0.145 e. The Hall–Kier alpha value is 0.0200. The van der Waals surface area contributed by atoms with E-state index in [1.807, 2.05) is 39.5 Å². The first-order valence-electron chi connectivity index (χ1n) is 3.99. The van der Waals surface area contributed by atoms with Gasteiger partial charge in [0.05, 0.1) is 0 Å². The lowest BCUT2D eigenvalue weighted by Crippen LogP contribution is -2.44. The zero-order valence-corrected chi connectivity index (χ0v) is 8.55. The lowest BCUT2D eigenvalue weighted by molar-refractivity contribution is -0.134. The minimum Gasteiger partial charge on any atom is -0.298 e. The molecule has 1 fully saturated rings. The molecule has 0 amide bonds. The van der Waals surface area contributed by atoms with Crippen LogP contribution in [0.4, 0.5) is 0 Å². The highest BCUT2D eigenvalue weighted by Gasteiger charge is 2.42. The summed E-state index contributed by atoms with van der Waals surface area (Å²) in [6, 6.07) is 0. The maximum absolute atomic E-state index is 11.8. The highest BCUT2D eigenvalue weighted by Crippen LogP contribution is 2.40. The number of rotatable bonds is 0. The minimum atomic E-state index is -0.105. The van der Waals surface area contributed by atoms with Gasteiger partial charge in [0.15, 0.2) is 0 Å². The number of Topliss-reactive ketones (excluding diaryl/α,β-unsaturated/α-hetero) is 1. The molecule has 2 heteroatoms. The molecule has 0 aliphatic carbocycles. The Morgan fingerprint density at radius 3 is 1.73 bits per heavy atom. The summed E-state index contributed by atoms with van der Waals surface area (Å²) in [5, 5.41) is 0. The fraction of sp³-hybridized carbons (Fsp3) is 0.889. The molecular weight excluding hydrogens is 156 g/mol. The predicted octanol–water partition coefficient (Wildman–Crippen LogP) is 2.35. The third-order valence-electron chi connectivity index (χ3n) is 2.16. The fourth-order valence-corrected chi connectivity index (χ4v) is 2.99. The highest BCUT2D eigenvalue weighted by atomic mass is 32.2. The predicted molar refractivity (Wildman–Crippen MR) is 49.9 cm³/mol. The Morgan fingerprint density at radius 2 is 1.45 bits per heavy atom. The van der Waals surface area contributed by atoms with Gasteiger partial charge in [-0.2, -0.15) is 11.8 Å². The van der Waals surface area contributed by atoms with E-state index in [2.05, 4.69) is 0 Å². The van der Waals surface area contributed by atoms with Crippen molar-refractivity contribution in [3.05, 3.63) is 0 Å². The van der Waals surface area contributed by atoms with Gasteiger partial charge in [-0.05, 0) is 0 Å². The van der Waals surface area contributed by atoms with Crippen LogP contribution >= 0.6 is 11.8 Å². The molecule has 0 spiro atoms. The average Bonchev–Trinajstić information content (AvgIpc) is 1.82. The first-order valence-corrected chi connectivity index (χ1v) is 5.14. The Bertz CT molecular complexity index is 164. The third-order valence-corrected chi connectivity index (χ3v) is 4.01. The molecule has 0 N–H and O–H groups in total. The van der Waals surface area contributed by atoms with E-state index in [-0.39, 0.29) is 10.8 Å². The largest absolute Gasteiger partial charge is 0.298 e. The molecule has 0 radical (unpaired) electrons. The number of carbonyl (C=O) groups is 1. The first-order chi connectivity index (χ1) is 4.86. The van der Waals surface area contributed by atoms with Crippen molar-refractivity contribution < 1.29 is 4.79 Å². The second-order valence-corrected chi connectivity index (χ2v) is 5.58. The molecule has 0 aromatic carbocycles. The van der Waals surface area contributed by atoms with Crippen molar-refractivity contribution in [3.8, 4) is 0 Å². The van der Waals surface area contributed by atoms with Crippen LogP contribution < -0.4 is 0 Å². The topological polar surface area (TPSA) is 17.1 Å². The molecule has 0 aromatic heterocycles. The van der Waals surface area contributed by atoms with Crippen molar-refractivity contribution in [3.63, 3.8) is 0 Å². The van der Waals surface area contributed by atoms with Gasteiger partial charge < -0.3 is 0 Å². The van der Waals surface area contributed by atoms with Gasteiger partial charge in [0.1, 0.15) is 5.78 Å². The van der Waals surface area contributed by atoms with Gasteiger partial charge in [0, 0.05) is 22.3 Å². The molecule has 1 nitrogen and oxygen atoms in total. The van der Waals surface area contributed by atoms with Gasteiger partial charge >= 0.3 is 0 Å². The minimum absolute atomic E-state index is 0.105. The van der Waals surface area contributed by atoms with Crippen LogP contribution in [0.3, 0.4) is 0 Å². The summed E-state index contributed by atoms with van der Waals surface area (Å²) in [6.07, 6.45) is 0. The number of ketones is 1. The van der Waals surface area contributed by atoms with Gasteiger partial charge in [0.2, 0.25) is 0 Å². The summed E-state index contributed by atoms with van der Waals surface area (Å²) < 4.78 is 0. The summed E-state index contributed by atoms with van der Waals surface area (Å²) in [5.74, 6) is 2.38. The van der Waals surface area contributed by atoms with Crippen LogP contribution in [-0.2, 0) is 4.79 Å². The fourth-order valence-electron chi connectivity index (χ4n) is 1.61. The summed E-state index contributed by atoms with van der Waals surface area (Å²) >= 11 is 1.89. The summed E-state index contributed by atoms with van der Waals surface area (Å²) in [7, 11) is 0. The molecular formula is C9H16OS. The molecule has 1 aliphatic heterocycles. The quantitative estimate of drug-likeness (QED) is 0.558. The number of thioether (sulfide) groups is 1. The van der Waals surface area contributed by atoms with E-state index in [0.717, 1.165) is 11.5 Å². The number of hydrogen-bond donors (Lipinski definition) is 0. The van der Waals surface area contributed by atoms with Crippen LogP contribution in [-0.4, -0.2) is 17.3 Å². The normalized spacial score (nSPS) is 28.5. The van der Waals surface area contributed by atoms with Crippen LogP contribution in [0.15, 0.2) is 0 Å². The Morgan fingerprint density at radius 1 is 1.09 bits per heavy atom. The van der Waals surface area contributed by atoms with Gasteiger partial charge in [-0.3, -0.25) is 4.79 Å². The smallest absolute Gasteiger partial charge is 0.145 e. The molecule has 11 heavy (non-hydrogen) atoms. The molecule has 1 heterocycles. The Balaban J connectivity index is 2.85. The van der Waals surface area contributed by atoms with E-state index in [1.165, 1.54) is 0 Å². The molecule has 0 aromatic rings. The third kappa shape index (κ3) is 1.61. The lowest BCUT2D eigenvalue weighted by atomic mass is 9.75. The molecule has 1 rings (SSSR count). The van der Waals surface area contributed by atoms with Crippen LogP contribution in [0, 0.1) is 10.8 Å². The van der Waals surface area contributed by atoms with Crippen molar-refractivity contribution in [1.82, 2.24) is 0 Å². The first kappa shape index (κ1) is 9.11. The molecule has 1 aliphatic rings. The van der Waals surface area contributed by atoms with Crippen molar-refractivity contribution in [1.29, 1.82) is 0 Å². The van der Waals surface area contributed by atoms with Crippen molar-refractivity contribution in [2.75, 3.05) is 11.5 Å². The molecule has 64 valence electrons. The Kier molecular flexibility index (Phi) is 2.08. The van der Waals surface area contributed by atoms with E-state index in [9.17, 15) is 4.79 Å². The zero-order valence-electron chi connectivity index (χ0n) is 7.73. The molecule has 0 saturated carbocycles. The van der Waals surface area contributed by atoms with E-state index >= 15 is 0 Å². The van der Waals surface area contributed by atoms with E-state index < -0.39 is 0 Å². The van der Waals surface area contributed by atoms with Crippen LogP contribution in [0.1, 0.15) is 27.7 Å². The average molecular weight is 172 g/mol. The van der Waals surface area contributed by atoms with Crippen molar-refractivity contribution in [2.45, 2.75) is 27.7 Å². The summed E-state index contributed by atoms with van der Waals surface area (Å²) in [4.78, 5) is 11.8. The second kappa shape index (κ2) is 2.51. The van der Waals surface area contributed by atoms with Crippen LogP contribution in [0.5, 0.6) is 0 Å². The van der Waals surface area contributed by atoms with Crippen molar-refractivity contribution >= 4 is 17.5 Å². The molecule has 0 bridgehead atoms. The summed E-state index contributed by atoms with van der Waals surface area (Å²) in [6.45, 7) is 8.18. The van der Waals surface area contributed by atoms with E-state index in [4.69, 9.17) is 0 Å². The van der Waals surface area contributed by atoms with Crippen molar-refractivity contribution in [2.24, 2.45) is 10.8 Å². The second-order valence-electron chi connectivity index (χ2n) is 4.59. The van der Waals surface area contributed by atoms with Crippen LogP contribution in [0.25, 0.3) is 0 Å². The molecule has 0 atom stereocenters. The Labute approximate surface area is 72.9 Å². The van der Waals surface area contributed by atoms with Gasteiger partial charge in [-0.15, -0.1) is 0 Å². The lowest BCUT2D eigenvalue weighted by Gasteiger charge is -2.38. The molecule has 1 saturated heterocycles. The van der Waals surface area contributed by atoms with Gasteiger partial charge in [-0.1, -0.05) is 27.7 Å². The van der Waals surface area contributed by atoms with E-state index in [1.54, 1.807) is 0 Å². The van der Waals surface area contributed by atoms with E-state index in [0.29, 0.717) is 5.78 Å². The monoisotopic (exact) mass is 172 g/mol. The highest BCUT2D eigenvalue weighted by molar-refractivity contribution is 7.99. The maximum atomic E-state index is 11.8. The SMILES string of the molecule is CC1(C)CSCC(C)(C)C1=O. The van der Waals surface area contributed by atoms with Gasteiger partial charge in [0.25, 0.3) is 0 Å². The zero-order chi connectivity index (χ0) is 8.70.